The Labute approximate surface area is 125 Å². The summed E-state index contributed by atoms with van der Waals surface area (Å²) in [7, 11) is 2.02. The zero-order valence-corrected chi connectivity index (χ0v) is 13.9. The molecule has 1 amide bonds. The fourth-order valence-corrected chi connectivity index (χ4v) is 2.12. The average Bonchev–Trinajstić information content (AvgIpc) is 2.43. The Morgan fingerprint density at radius 2 is 1.85 bits per heavy atom. The van der Waals surface area contributed by atoms with Crippen LogP contribution < -0.4 is 5.32 Å². The van der Waals surface area contributed by atoms with Crippen molar-refractivity contribution < 1.29 is 9.53 Å². The minimum Gasteiger partial charge on any atom is -0.448 e. The molecular weight excluding hydrogens is 252 g/mol. The number of nitrogens with one attached hydrogen (secondary N) is 1. The number of carbonyl (C=O) groups excluding carboxylic acids is 1. The Morgan fingerprint density at radius 3 is 2.45 bits per heavy atom. The van der Waals surface area contributed by atoms with Gasteiger partial charge in [-0.25, -0.2) is 4.79 Å². The summed E-state index contributed by atoms with van der Waals surface area (Å²) >= 11 is 0. The van der Waals surface area contributed by atoms with Gasteiger partial charge in [-0.1, -0.05) is 52.9 Å². The molecule has 20 heavy (non-hydrogen) atoms. The number of rotatable bonds is 12. The van der Waals surface area contributed by atoms with E-state index in [-0.39, 0.29) is 12.1 Å². The number of ether oxygens (including phenoxy) is 1. The lowest BCUT2D eigenvalue weighted by atomic mass is 10.0. The maximum Gasteiger partial charge on any atom is 0.407 e. The summed E-state index contributed by atoms with van der Waals surface area (Å²) in [5.41, 5.74) is 0. The Hall–Kier alpha value is -0.770. The highest BCUT2D eigenvalue weighted by molar-refractivity contribution is 5.67. The molecule has 0 aromatic carbocycles. The highest BCUT2D eigenvalue weighted by Gasteiger charge is 2.12. The van der Waals surface area contributed by atoms with Crippen LogP contribution in [0.1, 0.15) is 65.7 Å². The molecule has 0 saturated carbocycles. The molecule has 0 bridgehead atoms. The van der Waals surface area contributed by atoms with Crippen LogP contribution in [0.15, 0.2) is 0 Å². The van der Waals surface area contributed by atoms with Crippen molar-refractivity contribution in [2.45, 2.75) is 71.8 Å². The predicted molar refractivity (Wildman–Crippen MR) is 85.1 cm³/mol. The average molecular weight is 286 g/mol. The first-order valence-corrected chi connectivity index (χ1v) is 8.25. The summed E-state index contributed by atoms with van der Waals surface area (Å²) in [5.74, 6) is 0. The quantitative estimate of drug-likeness (QED) is 0.555. The summed E-state index contributed by atoms with van der Waals surface area (Å²) in [6.07, 6.45) is 7.92. The van der Waals surface area contributed by atoms with Crippen molar-refractivity contribution in [3.8, 4) is 0 Å². The molecule has 0 rings (SSSR count). The van der Waals surface area contributed by atoms with Gasteiger partial charge in [0.05, 0.1) is 0 Å². The molecule has 0 aromatic rings. The summed E-state index contributed by atoms with van der Waals surface area (Å²) in [6.45, 7) is 8.69. The maximum absolute atomic E-state index is 11.7. The number of hydrogen-bond acceptors (Lipinski definition) is 3. The van der Waals surface area contributed by atoms with Gasteiger partial charge in [0.2, 0.25) is 0 Å². The number of carbonyl (C=O) groups is 1. The Balaban J connectivity index is 3.82. The van der Waals surface area contributed by atoms with Crippen molar-refractivity contribution >= 4 is 6.09 Å². The van der Waals surface area contributed by atoms with Crippen LogP contribution in [0.5, 0.6) is 0 Å². The summed E-state index contributed by atoms with van der Waals surface area (Å²) in [4.78, 5) is 13.9. The van der Waals surface area contributed by atoms with Crippen LogP contribution in [0.2, 0.25) is 0 Å². The highest BCUT2D eigenvalue weighted by atomic mass is 16.5. The van der Waals surface area contributed by atoms with Crippen LogP contribution in [0.3, 0.4) is 0 Å². The predicted octanol–water partition coefficient (Wildman–Crippen LogP) is 3.80. The van der Waals surface area contributed by atoms with Gasteiger partial charge in [-0.3, -0.25) is 0 Å². The number of hydrogen-bond donors (Lipinski definition) is 1. The van der Waals surface area contributed by atoms with Gasteiger partial charge < -0.3 is 15.0 Å². The zero-order valence-electron chi connectivity index (χ0n) is 13.9. The third-order valence-corrected chi connectivity index (χ3v) is 3.61. The monoisotopic (exact) mass is 286 g/mol. The van der Waals surface area contributed by atoms with E-state index in [1.165, 1.54) is 25.7 Å². The number of amides is 1. The number of nitrogens with zero attached hydrogens (tertiary/aromatic N) is 1. The molecular formula is C16H34N2O2. The van der Waals surface area contributed by atoms with Gasteiger partial charge in [0.1, 0.15) is 6.61 Å². The van der Waals surface area contributed by atoms with Gasteiger partial charge in [0, 0.05) is 12.6 Å². The molecule has 0 aromatic heterocycles. The molecule has 0 aliphatic rings. The zero-order chi connectivity index (χ0) is 15.2. The Morgan fingerprint density at radius 1 is 1.10 bits per heavy atom. The normalized spacial score (nSPS) is 12.4. The first-order chi connectivity index (χ1) is 9.63. The van der Waals surface area contributed by atoms with E-state index in [9.17, 15) is 4.79 Å². The second-order valence-corrected chi connectivity index (χ2v) is 5.51. The fraction of sp³-hybridized carbons (Fsp3) is 0.938. The molecule has 1 unspecified atom stereocenters. The van der Waals surface area contributed by atoms with Gasteiger partial charge >= 0.3 is 6.09 Å². The number of alkyl carbamates (subject to hydrolysis) is 1. The summed E-state index contributed by atoms with van der Waals surface area (Å²) < 4.78 is 5.23. The summed E-state index contributed by atoms with van der Waals surface area (Å²) in [5, 5.41) is 3.01. The number of unbranched alkanes of at least 4 members (excludes halogenated alkanes) is 3. The van der Waals surface area contributed by atoms with Crippen molar-refractivity contribution in [1.29, 1.82) is 0 Å². The smallest absolute Gasteiger partial charge is 0.407 e. The SMILES string of the molecule is CCCCCCC(CCC)NC(=O)OCCN(C)CC. The molecule has 0 saturated heterocycles. The fourth-order valence-electron chi connectivity index (χ4n) is 2.12. The van der Waals surface area contributed by atoms with Crippen molar-refractivity contribution in [3.63, 3.8) is 0 Å². The first kappa shape index (κ1) is 19.2. The lowest BCUT2D eigenvalue weighted by molar-refractivity contribution is 0.129. The second-order valence-electron chi connectivity index (χ2n) is 5.51. The topological polar surface area (TPSA) is 41.6 Å². The molecule has 0 aliphatic heterocycles. The van der Waals surface area contributed by atoms with Crippen molar-refractivity contribution in [3.05, 3.63) is 0 Å². The maximum atomic E-state index is 11.7. The van der Waals surface area contributed by atoms with E-state index in [4.69, 9.17) is 4.74 Å². The lowest BCUT2D eigenvalue weighted by Crippen LogP contribution is -2.36. The molecule has 4 heteroatoms. The van der Waals surface area contributed by atoms with Crippen LogP contribution in [0.4, 0.5) is 4.79 Å². The molecule has 4 nitrogen and oxygen atoms in total. The molecule has 0 fully saturated rings. The van der Waals surface area contributed by atoms with E-state index >= 15 is 0 Å². The van der Waals surface area contributed by atoms with E-state index in [1.54, 1.807) is 0 Å². The molecule has 0 spiro atoms. The van der Waals surface area contributed by atoms with Crippen molar-refractivity contribution in [2.24, 2.45) is 0 Å². The van der Waals surface area contributed by atoms with Gasteiger partial charge in [0.15, 0.2) is 0 Å². The largest absolute Gasteiger partial charge is 0.448 e. The second kappa shape index (κ2) is 13.2. The first-order valence-electron chi connectivity index (χ1n) is 8.25. The minimum atomic E-state index is -0.261. The minimum absolute atomic E-state index is 0.261. The van der Waals surface area contributed by atoms with E-state index in [0.717, 1.165) is 32.4 Å². The van der Waals surface area contributed by atoms with Crippen molar-refractivity contribution in [1.82, 2.24) is 10.2 Å². The van der Waals surface area contributed by atoms with Crippen LogP contribution in [0.25, 0.3) is 0 Å². The Kier molecular flexibility index (Phi) is 12.7. The third kappa shape index (κ3) is 11.1. The van der Waals surface area contributed by atoms with E-state index in [0.29, 0.717) is 6.61 Å². The van der Waals surface area contributed by atoms with Gasteiger partial charge in [-0.2, -0.15) is 0 Å². The van der Waals surface area contributed by atoms with Crippen molar-refractivity contribution in [2.75, 3.05) is 26.7 Å². The molecule has 120 valence electrons. The summed E-state index contributed by atoms with van der Waals surface area (Å²) in [6, 6.07) is 0.272. The molecule has 1 atom stereocenters. The third-order valence-electron chi connectivity index (χ3n) is 3.61. The van der Waals surface area contributed by atoms with Crippen LogP contribution in [0, 0.1) is 0 Å². The number of likely N-dealkylation sites (N-methyl/N-ethyl adjacent to an activating group) is 1. The van der Waals surface area contributed by atoms with Gasteiger partial charge in [-0.15, -0.1) is 0 Å². The molecule has 0 aliphatic carbocycles. The van der Waals surface area contributed by atoms with E-state index in [2.05, 4.69) is 31.0 Å². The Bertz CT molecular complexity index is 235. The lowest BCUT2D eigenvalue weighted by Gasteiger charge is -2.19. The molecule has 1 N–H and O–H groups in total. The van der Waals surface area contributed by atoms with Crippen LogP contribution >= 0.6 is 0 Å². The van der Waals surface area contributed by atoms with E-state index in [1.807, 2.05) is 7.05 Å². The highest BCUT2D eigenvalue weighted by Crippen LogP contribution is 2.09. The molecule has 0 radical (unpaired) electrons. The standard InChI is InChI=1S/C16H34N2O2/c1-5-8-9-10-12-15(11-6-2)17-16(19)20-14-13-18(4)7-3/h15H,5-14H2,1-4H3,(H,17,19). The van der Waals surface area contributed by atoms with Gasteiger partial charge in [-0.05, 0) is 26.4 Å². The van der Waals surface area contributed by atoms with Crippen LogP contribution in [-0.2, 0) is 4.74 Å². The van der Waals surface area contributed by atoms with Gasteiger partial charge in [0.25, 0.3) is 0 Å². The van der Waals surface area contributed by atoms with E-state index < -0.39 is 0 Å². The van der Waals surface area contributed by atoms with Crippen LogP contribution in [-0.4, -0.2) is 43.8 Å². The molecule has 0 heterocycles.